The molecule has 0 aliphatic carbocycles. The Labute approximate surface area is 128 Å². The van der Waals surface area contributed by atoms with Crippen LogP contribution in [0.25, 0.3) is 0 Å². The molecule has 110 valence electrons. The summed E-state index contributed by atoms with van der Waals surface area (Å²) >= 11 is 5.05. The van der Waals surface area contributed by atoms with Crippen molar-refractivity contribution in [1.29, 1.82) is 0 Å². The summed E-state index contributed by atoms with van der Waals surface area (Å²) in [6.07, 6.45) is 1.63. The molecule has 1 aromatic carbocycles. The fraction of sp³-hybridized carbons (Fsp3) is 0.200. The monoisotopic (exact) mass is 304 g/mol. The van der Waals surface area contributed by atoms with Crippen LogP contribution in [0.15, 0.2) is 30.5 Å². The van der Waals surface area contributed by atoms with E-state index in [9.17, 15) is 0 Å². The number of ether oxygens (including phenoxy) is 2. The van der Waals surface area contributed by atoms with E-state index in [1.165, 1.54) is 7.11 Å². The molecule has 6 heteroatoms. The molecule has 0 bridgehead atoms. The van der Waals surface area contributed by atoms with Crippen LogP contribution in [0.4, 0.5) is 0 Å². The highest BCUT2D eigenvalue weighted by Crippen LogP contribution is 2.33. The van der Waals surface area contributed by atoms with Crippen LogP contribution in [0.3, 0.4) is 0 Å². The molecule has 0 aliphatic heterocycles. The second-order valence-electron chi connectivity index (χ2n) is 4.42. The number of nitrogens with zero attached hydrogens (tertiary/aromatic N) is 1. The molecule has 0 amide bonds. The van der Waals surface area contributed by atoms with Gasteiger partial charge in [0, 0.05) is 6.20 Å². The van der Waals surface area contributed by atoms with Crippen LogP contribution in [0.1, 0.15) is 16.7 Å². The van der Waals surface area contributed by atoms with Crippen molar-refractivity contribution in [2.24, 2.45) is 5.73 Å². The molecule has 3 N–H and O–H groups in total. The molecule has 2 rings (SSSR count). The van der Waals surface area contributed by atoms with Crippen LogP contribution in [0, 0.1) is 6.92 Å². The molecule has 0 fully saturated rings. The lowest BCUT2D eigenvalue weighted by molar-refractivity contribution is 0.280. The summed E-state index contributed by atoms with van der Waals surface area (Å²) in [6.45, 7) is 1.81. The molecule has 0 spiro atoms. The van der Waals surface area contributed by atoms with Gasteiger partial charge in [0.25, 0.3) is 0 Å². The summed E-state index contributed by atoms with van der Waals surface area (Å²) in [6, 6.07) is 6.96. The van der Waals surface area contributed by atoms with Crippen molar-refractivity contribution < 1.29 is 14.6 Å². The van der Waals surface area contributed by atoms with Crippen molar-refractivity contribution in [3.8, 4) is 17.4 Å². The number of aromatic nitrogens is 1. The van der Waals surface area contributed by atoms with Gasteiger partial charge in [0.2, 0.25) is 5.88 Å². The zero-order valence-corrected chi connectivity index (χ0v) is 12.6. The van der Waals surface area contributed by atoms with Crippen molar-refractivity contribution in [3.63, 3.8) is 0 Å². The molecule has 5 nitrogen and oxygen atoms in total. The van der Waals surface area contributed by atoms with Gasteiger partial charge in [-0.1, -0.05) is 18.3 Å². The van der Waals surface area contributed by atoms with Gasteiger partial charge >= 0.3 is 0 Å². The maximum atomic E-state index is 9.15. The summed E-state index contributed by atoms with van der Waals surface area (Å²) in [5, 5.41) is 9.15. The van der Waals surface area contributed by atoms with Crippen LogP contribution in [-0.4, -0.2) is 22.2 Å². The smallest absolute Gasteiger partial charge is 0.229 e. The van der Waals surface area contributed by atoms with Gasteiger partial charge in [-0.2, -0.15) is 0 Å². The molecule has 0 unspecified atom stereocenters. The molecule has 0 saturated heterocycles. The molecule has 0 aliphatic rings. The summed E-state index contributed by atoms with van der Waals surface area (Å²) in [7, 11) is 1.53. The first-order chi connectivity index (χ1) is 10.1. The zero-order chi connectivity index (χ0) is 15.4. The number of hydrogen-bond donors (Lipinski definition) is 2. The molecule has 0 atom stereocenters. The molecular formula is C15H16N2O3S. The lowest BCUT2D eigenvalue weighted by Gasteiger charge is -2.14. The predicted octanol–water partition coefficient (Wildman–Crippen LogP) is 2.32. The molecule has 21 heavy (non-hydrogen) atoms. The third-order valence-corrected chi connectivity index (χ3v) is 3.19. The predicted molar refractivity (Wildman–Crippen MR) is 83.9 cm³/mol. The average Bonchev–Trinajstić information content (AvgIpc) is 2.47. The molecular weight excluding hydrogens is 288 g/mol. The number of methoxy groups -OCH3 is 1. The number of nitrogens with two attached hydrogens (primary N) is 1. The van der Waals surface area contributed by atoms with Gasteiger partial charge in [0.1, 0.15) is 4.99 Å². The van der Waals surface area contributed by atoms with Crippen molar-refractivity contribution >= 4 is 17.2 Å². The van der Waals surface area contributed by atoms with Crippen LogP contribution in [-0.2, 0) is 6.61 Å². The Hall–Kier alpha value is -2.18. The molecule has 0 saturated carbocycles. The molecule has 2 aromatic rings. The maximum Gasteiger partial charge on any atom is 0.229 e. The van der Waals surface area contributed by atoms with E-state index in [1.54, 1.807) is 24.4 Å². The lowest BCUT2D eigenvalue weighted by atomic mass is 10.1. The van der Waals surface area contributed by atoms with Gasteiger partial charge in [-0.3, -0.25) is 0 Å². The number of hydrogen-bond acceptors (Lipinski definition) is 5. The van der Waals surface area contributed by atoms with Crippen LogP contribution >= 0.6 is 12.2 Å². The highest BCUT2D eigenvalue weighted by atomic mass is 32.1. The van der Waals surface area contributed by atoms with Gasteiger partial charge < -0.3 is 20.3 Å². The highest BCUT2D eigenvalue weighted by Gasteiger charge is 2.14. The summed E-state index contributed by atoms with van der Waals surface area (Å²) in [5.41, 5.74) is 7.95. The van der Waals surface area contributed by atoms with Gasteiger partial charge in [0.15, 0.2) is 11.5 Å². The normalized spacial score (nSPS) is 10.2. The Morgan fingerprint density at radius 2 is 2.10 bits per heavy atom. The number of rotatable bonds is 5. The Morgan fingerprint density at radius 3 is 2.71 bits per heavy atom. The van der Waals surface area contributed by atoms with Gasteiger partial charge in [0.05, 0.1) is 19.3 Å². The third kappa shape index (κ3) is 3.29. The number of thiocarbonyl (C=S) groups is 1. The maximum absolute atomic E-state index is 9.15. The molecule has 0 radical (unpaired) electrons. The fourth-order valence-corrected chi connectivity index (χ4v) is 2.16. The number of aliphatic hydroxyl groups is 1. The SMILES string of the molecule is COc1cc(CO)ccc1Oc1nccc(C)c1C(N)=S. The van der Waals surface area contributed by atoms with E-state index in [4.69, 9.17) is 32.5 Å². The van der Waals surface area contributed by atoms with E-state index in [0.29, 0.717) is 22.9 Å². The number of aliphatic hydroxyl groups excluding tert-OH is 1. The summed E-state index contributed by atoms with van der Waals surface area (Å²) < 4.78 is 11.1. The standard InChI is InChI=1S/C15H16N2O3S/c1-9-5-6-17-15(13(9)14(16)21)20-11-4-3-10(8-18)7-12(11)19-2/h3-7,18H,8H2,1-2H3,(H2,16,21). The summed E-state index contributed by atoms with van der Waals surface area (Å²) in [4.78, 5) is 4.40. The number of aryl methyl sites for hydroxylation is 1. The Kier molecular flexibility index (Phi) is 4.72. The lowest BCUT2D eigenvalue weighted by Crippen LogP contribution is -2.13. The Bertz CT molecular complexity index is 674. The van der Waals surface area contributed by atoms with E-state index < -0.39 is 0 Å². The Morgan fingerprint density at radius 1 is 1.33 bits per heavy atom. The van der Waals surface area contributed by atoms with E-state index >= 15 is 0 Å². The Balaban J connectivity index is 2.43. The second kappa shape index (κ2) is 6.51. The first-order valence-corrected chi connectivity index (χ1v) is 6.68. The third-order valence-electron chi connectivity index (χ3n) is 2.99. The minimum absolute atomic E-state index is 0.0720. The zero-order valence-electron chi connectivity index (χ0n) is 11.8. The number of benzene rings is 1. The van der Waals surface area contributed by atoms with E-state index in [2.05, 4.69) is 4.98 Å². The van der Waals surface area contributed by atoms with Crippen molar-refractivity contribution in [3.05, 3.63) is 47.2 Å². The molecule has 1 aromatic heterocycles. The van der Waals surface area contributed by atoms with Crippen LogP contribution in [0.2, 0.25) is 0 Å². The van der Waals surface area contributed by atoms with Crippen molar-refractivity contribution in [2.45, 2.75) is 13.5 Å². The van der Waals surface area contributed by atoms with Crippen LogP contribution in [0.5, 0.6) is 17.4 Å². The van der Waals surface area contributed by atoms with Gasteiger partial charge in [-0.25, -0.2) is 4.98 Å². The summed E-state index contributed by atoms with van der Waals surface area (Å²) in [5.74, 6) is 1.31. The first-order valence-electron chi connectivity index (χ1n) is 6.28. The van der Waals surface area contributed by atoms with E-state index in [0.717, 1.165) is 11.1 Å². The minimum atomic E-state index is -0.0720. The largest absolute Gasteiger partial charge is 0.493 e. The fourth-order valence-electron chi connectivity index (χ4n) is 1.91. The highest BCUT2D eigenvalue weighted by molar-refractivity contribution is 7.80. The molecule has 1 heterocycles. The number of pyridine rings is 1. The second-order valence-corrected chi connectivity index (χ2v) is 4.86. The van der Waals surface area contributed by atoms with Gasteiger partial charge in [-0.05, 0) is 36.2 Å². The van der Waals surface area contributed by atoms with E-state index in [1.807, 2.05) is 13.0 Å². The first kappa shape index (κ1) is 15.2. The van der Waals surface area contributed by atoms with E-state index in [-0.39, 0.29) is 11.6 Å². The topological polar surface area (TPSA) is 77.6 Å². The quantitative estimate of drug-likeness (QED) is 0.826. The van der Waals surface area contributed by atoms with Crippen molar-refractivity contribution in [1.82, 2.24) is 4.98 Å². The van der Waals surface area contributed by atoms with Crippen LogP contribution < -0.4 is 15.2 Å². The minimum Gasteiger partial charge on any atom is -0.493 e. The van der Waals surface area contributed by atoms with Crippen molar-refractivity contribution in [2.75, 3.05) is 7.11 Å². The van der Waals surface area contributed by atoms with Gasteiger partial charge in [-0.15, -0.1) is 0 Å². The average molecular weight is 304 g/mol.